The van der Waals surface area contributed by atoms with Crippen LogP contribution in [0.25, 0.3) is 0 Å². The van der Waals surface area contributed by atoms with Crippen LogP contribution in [0.5, 0.6) is 0 Å². The molecule has 10 heteroatoms. The first-order chi connectivity index (χ1) is 13.0. The molecule has 0 saturated heterocycles. The minimum absolute atomic E-state index is 0.0334. The lowest BCUT2D eigenvalue weighted by Crippen LogP contribution is -2.29. The van der Waals surface area contributed by atoms with Crippen LogP contribution in [0, 0.1) is 0 Å². The number of hydrogen-bond acceptors (Lipinski definition) is 5. The second kappa shape index (κ2) is 8.59. The molecular weight excluding hydrogens is 395 g/mol. The second-order valence-corrected chi connectivity index (χ2v) is 8.70. The fourth-order valence-electron chi connectivity index (χ4n) is 2.30. The smallest absolute Gasteiger partial charge is 0.368 e. The minimum atomic E-state index is -4.53. The average Bonchev–Trinajstić information content (AvgIpc) is 2.64. The van der Waals surface area contributed by atoms with E-state index in [9.17, 15) is 26.4 Å². The lowest BCUT2D eigenvalue weighted by atomic mass is 10.2. The molecule has 1 heterocycles. The zero-order valence-corrected chi connectivity index (χ0v) is 16.1. The van der Waals surface area contributed by atoms with Crippen molar-refractivity contribution in [1.29, 1.82) is 0 Å². The lowest BCUT2D eigenvalue weighted by molar-refractivity contribution is -0.137. The van der Waals surface area contributed by atoms with E-state index in [-0.39, 0.29) is 29.4 Å². The first-order valence-corrected chi connectivity index (χ1v) is 9.96. The molecular formula is C18H20F3N3O3S. The summed E-state index contributed by atoms with van der Waals surface area (Å²) in [5, 5.41) is 4.51. The van der Waals surface area contributed by atoms with Gasteiger partial charge in [-0.05, 0) is 50.2 Å². The molecule has 0 aliphatic carbocycles. The van der Waals surface area contributed by atoms with Gasteiger partial charge in [-0.2, -0.15) is 13.2 Å². The topological polar surface area (TPSA) is 88.2 Å². The van der Waals surface area contributed by atoms with Crippen molar-refractivity contribution < 1.29 is 26.4 Å². The number of halogens is 3. The maximum Gasteiger partial charge on any atom is 0.419 e. The molecule has 2 rings (SSSR count). The monoisotopic (exact) mass is 415 g/mol. The van der Waals surface area contributed by atoms with Gasteiger partial charge in [-0.15, -0.1) is 0 Å². The van der Waals surface area contributed by atoms with Crippen molar-refractivity contribution >= 4 is 21.6 Å². The fourth-order valence-corrected chi connectivity index (χ4v) is 3.36. The van der Waals surface area contributed by atoms with Crippen LogP contribution in [0.4, 0.5) is 19.0 Å². The molecule has 0 aliphatic rings. The Morgan fingerprint density at radius 2 is 1.75 bits per heavy atom. The molecule has 152 valence electrons. The van der Waals surface area contributed by atoms with Gasteiger partial charge in [0, 0.05) is 24.8 Å². The number of amides is 1. The van der Waals surface area contributed by atoms with Crippen LogP contribution in [-0.2, 0) is 16.0 Å². The number of benzene rings is 1. The molecule has 28 heavy (non-hydrogen) atoms. The van der Waals surface area contributed by atoms with E-state index in [0.29, 0.717) is 0 Å². The normalized spacial score (nSPS) is 12.1. The first kappa shape index (κ1) is 21.7. The Balaban J connectivity index is 1.92. The number of pyridine rings is 1. The van der Waals surface area contributed by atoms with Crippen molar-refractivity contribution in [2.45, 2.75) is 30.2 Å². The van der Waals surface area contributed by atoms with Gasteiger partial charge in [0.05, 0.1) is 15.7 Å². The molecule has 1 aromatic heterocycles. The summed E-state index contributed by atoms with van der Waals surface area (Å²) in [7, 11) is -3.43. The van der Waals surface area contributed by atoms with Crippen LogP contribution in [0.3, 0.4) is 0 Å². The Morgan fingerprint density at radius 1 is 1.11 bits per heavy atom. The second-order valence-electron chi connectivity index (χ2n) is 6.20. The summed E-state index contributed by atoms with van der Waals surface area (Å²) in [4.78, 5) is 15.9. The molecule has 0 fully saturated rings. The highest BCUT2D eigenvalue weighted by Gasteiger charge is 2.33. The number of aromatic nitrogens is 1. The highest BCUT2D eigenvalue weighted by Crippen LogP contribution is 2.33. The Morgan fingerprint density at radius 3 is 2.32 bits per heavy atom. The van der Waals surface area contributed by atoms with Crippen LogP contribution in [0.2, 0.25) is 0 Å². The highest BCUT2D eigenvalue weighted by atomic mass is 32.2. The van der Waals surface area contributed by atoms with Crippen molar-refractivity contribution in [3.63, 3.8) is 0 Å². The summed E-state index contributed by atoms with van der Waals surface area (Å²) in [6.07, 6.45) is -3.29. The number of hydrogen-bond donors (Lipinski definition) is 2. The average molecular weight is 415 g/mol. The first-order valence-electron chi connectivity index (χ1n) is 8.41. The van der Waals surface area contributed by atoms with Crippen LogP contribution < -0.4 is 10.6 Å². The van der Waals surface area contributed by atoms with E-state index in [0.717, 1.165) is 6.07 Å². The summed E-state index contributed by atoms with van der Waals surface area (Å²) in [5.41, 5.74) is -0.639. The molecule has 0 atom stereocenters. The van der Waals surface area contributed by atoms with Crippen LogP contribution in [0.15, 0.2) is 47.5 Å². The summed E-state index contributed by atoms with van der Waals surface area (Å²) < 4.78 is 62.8. The number of alkyl halides is 3. The minimum Gasteiger partial charge on any atom is -0.368 e. The summed E-state index contributed by atoms with van der Waals surface area (Å²) >= 11 is 0. The van der Waals surface area contributed by atoms with Crippen LogP contribution in [-0.4, -0.2) is 37.6 Å². The molecule has 1 aromatic carbocycles. The van der Waals surface area contributed by atoms with Crippen molar-refractivity contribution in [1.82, 2.24) is 10.3 Å². The zero-order chi connectivity index (χ0) is 20.9. The van der Waals surface area contributed by atoms with Crippen molar-refractivity contribution in [2.24, 2.45) is 0 Å². The van der Waals surface area contributed by atoms with E-state index in [4.69, 9.17) is 0 Å². The zero-order valence-electron chi connectivity index (χ0n) is 15.2. The predicted octanol–water partition coefficient (Wildman–Crippen LogP) is 3.12. The van der Waals surface area contributed by atoms with Crippen LogP contribution >= 0.6 is 0 Å². The van der Waals surface area contributed by atoms with Gasteiger partial charge in [0.2, 0.25) is 0 Å². The van der Waals surface area contributed by atoms with E-state index in [1.54, 1.807) is 13.8 Å². The molecule has 0 aliphatic heterocycles. The van der Waals surface area contributed by atoms with E-state index < -0.39 is 32.7 Å². The van der Waals surface area contributed by atoms with E-state index in [2.05, 4.69) is 15.6 Å². The number of carbonyl (C=O) groups excluding carboxylic acids is 1. The van der Waals surface area contributed by atoms with E-state index in [1.807, 2.05) is 0 Å². The molecule has 0 unspecified atom stereocenters. The Labute approximate surface area is 161 Å². The van der Waals surface area contributed by atoms with Crippen molar-refractivity contribution in [2.75, 3.05) is 18.4 Å². The highest BCUT2D eigenvalue weighted by molar-refractivity contribution is 7.92. The molecule has 0 saturated carbocycles. The lowest BCUT2D eigenvalue weighted by Gasteiger charge is -2.13. The molecule has 0 radical (unpaired) electrons. The summed E-state index contributed by atoms with van der Waals surface area (Å²) in [6.45, 7) is 3.22. The number of rotatable bonds is 7. The predicted molar refractivity (Wildman–Crippen MR) is 98.8 cm³/mol. The van der Waals surface area contributed by atoms with Gasteiger partial charge in [-0.1, -0.05) is 0 Å². The Hall–Kier alpha value is -2.62. The third-order valence-electron chi connectivity index (χ3n) is 3.88. The maximum absolute atomic E-state index is 12.9. The third-order valence-corrected chi connectivity index (χ3v) is 6.05. The van der Waals surface area contributed by atoms with Crippen molar-refractivity contribution in [3.05, 3.63) is 53.7 Å². The van der Waals surface area contributed by atoms with E-state index in [1.165, 1.54) is 36.5 Å². The van der Waals surface area contributed by atoms with Gasteiger partial charge in [-0.25, -0.2) is 13.4 Å². The standard InChI is InChI=1S/C18H20F3N3O3S/c1-12(2)28(26,27)14-7-5-13(6-8-14)17(25)24-11-10-23-16-15(18(19,20)21)4-3-9-22-16/h3-9,12H,10-11H2,1-2H3,(H,22,23)(H,24,25). The van der Waals surface area contributed by atoms with E-state index >= 15 is 0 Å². The number of anilines is 1. The molecule has 1 amide bonds. The molecule has 2 N–H and O–H groups in total. The van der Waals surface area contributed by atoms with Crippen molar-refractivity contribution in [3.8, 4) is 0 Å². The largest absolute Gasteiger partial charge is 0.419 e. The number of nitrogens with zero attached hydrogens (tertiary/aromatic N) is 1. The molecule has 0 bridgehead atoms. The quantitative estimate of drug-likeness (QED) is 0.679. The Kier molecular flexibility index (Phi) is 6.65. The van der Waals surface area contributed by atoms with Gasteiger partial charge in [0.15, 0.2) is 9.84 Å². The summed E-state index contributed by atoms with van der Waals surface area (Å²) in [5.74, 6) is -0.778. The Bertz CT molecular complexity index is 927. The van der Waals surface area contributed by atoms with Gasteiger partial charge < -0.3 is 10.6 Å². The molecule has 6 nitrogen and oxygen atoms in total. The molecule has 2 aromatic rings. The van der Waals surface area contributed by atoms with Gasteiger partial charge in [-0.3, -0.25) is 4.79 Å². The number of carbonyl (C=O) groups is 1. The SMILES string of the molecule is CC(C)S(=O)(=O)c1ccc(C(=O)NCCNc2ncccc2C(F)(F)F)cc1. The third kappa shape index (κ3) is 5.22. The number of sulfone groups is 1. The maximum atomic E-state index is 12.9. The summed E-state index contributed by atoms with van der Waals surface area (Å²) in [6, 6.07) is 7.59. The fraction of sp³-hybridized carbons (Fsp3) is 0.333. The van der Waals surface area contributed by atoms with Gasteiger partial charge in [0.1, 0.15) is 5.82 Å². The van der Waals surface area contributed by atoms with Gasteiger partial charge >= 0.3 is 6.18 Å². The molecule has 0 spiro atoms. The number of nitrogens with one attached hydrogen (secondary N) is 2. The van der Waals surface area contributed by atoms with Gasteiger partial charge in [0.25, 0.3) is 5.91 Å². The van der Waals surface area contributed by atoms with Crippen LogP contribution in [0.1, 0.15) is 29.8 Å².